The predicted octanol–water partition coefficient (Wildman–Crippen LogP) is -0.273. The van der Waals surface area contributed by atoms with Crippen molar-refractivity contribution in [3.05, 3.63) is 0 Å². The second kappa shape index (κ2) is 4.47. The Bertz CT molecular complexity index is 241. The summed E-state index contributed by atoms with van der Waals surface area (Å²) in [5.41, 5.74) is 0. The van der Waals surface area contributed by atoms with E-state index in [9.17, 15) is 4.79 Å². The van der Waals surface area contributed by atoms with E-state index in [0.29, 0.717) is 6.42 Å². The van der Waals surface area contributed by atoms with Crippen LogP contribution in [-0.2, 0) is 9.53 Å². The number of likely N-dealkylation sites (tertiary alicyclic amines) is 1. The van der Waals surface area contributed by atoms with Gasteiger partial charge < -0.3 is 9.84 Å². The first-order valence-electron chi connectivity index (χ1n) is 5.46. The Morgan fingerprint density at radius 1 is 1.60 bits per heavy atom. The van der Waals surface area contributed by atoms with E-state index in [1.807, 2.05) is 7.05 Å². The van der Waals surface area contributed by atoms with Crippen LogP contribution < -0.4 is 5.32 Å². The number of ether oxygens (including phenoxy) is 1. The van der Waals surface area contributed by atoms with Crippen LogP contribution in [-0.4, -0.2) is 55.0 Å². The quantitative estimate of drug-likeness (QED) is 0.662. The highest BCUT2D eigenvalue weighted by molar-refractivity contribution is 5.70. The number of carbonyl (C=O) groups is 1. The molecule has 2 aliphatic rings. The minimum absolute atomic E-state index is 0.0112. The van der Waals surface area contributed by atoms with E-state index in [0.717, 1.165) is 26.1 Å². The van der Waals surface area contributed by atoms with E-state index >= 15 is 0 Å². The number of hydrogen-bond donors (Lipinski definition) is 2. The van der Waals surface area contributed by atoms with Crippen LogP contribution in [0.3, 0.4) is 0 Å². The van der Waals surface area contributed by atoms with Gasteiger partial charge >= 0.3 is 5.97 Å². The van der Waals surface area contributed by atoms with Gasteiger partial charge in [-0.25, -0.2) is 0 Å². The van der Waals surface area contributed by atoms with Crippen LogP contribution in [0.25, 0.3) is 0 Å². The molecule has 15 heavy (non-hydrogen) atoms. The fraction of sp³-hybridized carbons (Fsp3) is 0.900. The Morgan fingerprint density at radius 2 is 2.40 bits per heavy atom. The molecule has 0 aromatic heterocycles. The summed E-state index contributed by atoms with van der Waals surface area (Å²) in [5.74, 6) is -0.886. The summed E-state index contributed by atoms with van der Waals surface area (Å²) in [6, 6.07) is 0.197. The number of piperidine rings is 1. The summed E-state index contributed by atoms with van der Waals surface area (Å²) in [6.45, 7) is 2.43. The molecule has 2 rings (SSSR count). The van der Waals surface area contributed by atoms with E-state index in [2.05, 4.69) is 10.2 Å². The molecule has 5 nitrogen and oxygen atoms in total. The SMILES string of the molecule is CN1CCC(C(=O)O)CC1C1NCCO1. The molecule has 0 spiro atoms. The van der Waals surface area contributed by atoms with Crippen LogP contribution in [0.1, 0.15) is 12.8 Å². The van der Waals surface area contributed by atoms with E-state index in [-0.39, 0.29) is 18.2 Å². The lowest BCUT2D eigenvalue weighted by Crippen LogP contribution is -2.51. The first-order valence-corrected chi connectivity index (χ1v) is 5.46. The molecular weight excluding hydrogens is 196 g/mol. The van der Waals surface area contributed by atoms with Crippen LogP contribution in [0, 0.1) is 5.92 Å². The smallest absolute Gasteiger partial charge is 0.306 e. The van der Waals surface area contributed by atoms with Crippen molar-refractivity contribution in [3.63, 3.8) is 0 Å². The summed E-state index contributed by atoms with van der Waals surface area (Å²) in [6.07, 6.45) is 1.44. The lowest BCUT2D eigenvalue weighted by atomic mass is 9.90. The Hall–Kier alpha value is -0.650. The predicted molar refractivity (Wildman–Crippen MR) is 54.5 cm³/mol. The summed E-state index contributed by atoms with van der Waals surface area (Å²) >= 11 is 0. The van der Waals surface area contributed by atoms with Crippen molar-refractivity contribution >= 4 is 5.97 Å². The first kappa shape index (κ1) is 10.9. The molecule has 0 saturated carbocycles. The molecule has 0 aromatic rings. The zero-order valence-electron chi connectivity index (χ0n) is 8.98. The number of nitrogens with zero attached hydrogens (tertiary/aromatic N) is 1. The van der Waals surface area contributed by atoms with Crippen molar-refractivity contribution in [2.45, 2.75) is 25.1 Å². The maximum Gasteiger partial charge on any atom is 0.306 e. The molecule has 2 saturated heterocycles. The largest absolute Gasteiger partial charge is 0.481 e. The van der Waals surface area contributed by atoms with Crippen molar-refractivity contribution in [2.75, 3.05) is 26.7 Å². The number of likely N-dealkylation sites (N-methyl/N-ethyl adjacent to an activating group) is 1. The van der Waals surface area contributed by atoms with Gasteiger partial charge in [0.05, 0.1) is 12.5 Å². The van der Waals surface area contributed by atoms with Crippen LogP contribution in [0.2, 0.25) is 0 Å². The van der Waals surface area contributed by atoms with Gasteiger partial charge in [-0.15, -0.1) is 0 Å². The van der Waals surface area contributed by atoms with Crippen molar-refractivity contribution in [1.82, 2.24) is 10.2 Å². The van der Waals surface area contributed by atoms with Gasteiger partial charge in [0.15, 0.2) is 0 Å². The molecule has 2 fully saturated rings. The number of carboxylic acid groups (broad SMARTS) is 1. The number of rotatable bonds is 2. The topological polar surface area (TPSA) is 61.8 Å². The third-order valence-electron chi connectivity index (χ3n) is 3.37. The van der Waals surface area contributed by atoms with E-state index in [1.54, 1.807) is 0 Å². The second-order valence-electron chi connectivity index (χ2n) is 4.35. The van der Waals surface area contributed by atoms with Gasteiger partial charge in [-0.05, 0) is 26.4 Å². The Kier molecular flexibility index (Phi) is 3.23. The van der Waals surface area contributed by atoms with Gasteiger partial charge in [-0.2, -0.15) is 0 Å². The van der Waals surface area contributed by atoms with Gasteiger partial charge in [0.2, 0.25) is 0 Å². The van der Waals surface area contributed by atoms with E-state index < -0.39 is 5.97 Å². The zero-order valence-corrected chi connectivity index (χ0v) is 8.98. The fourth-order valence-electron chi connectivity index (χ4n) is 2.39. The van der Waals surface area contributed by atoms with Crippen molar-refractivity contribution < 1.29 is 14.6 Å². The van der Waals surface area contributed by atoms with Crippen LogP contribution in [0.15, 0.2) is 0 Å². The van der Waals surface area contributed by atoms with Gasteiger partial charge in [0.25, 0.3) is 0 Å². The van der Waals surface area contributed by atoms with E-state index in [4.69, 9.17) is 9.84 Å². The monoisotopic (exact) mass is 214 g/mol. The van der Waals surface area contributed by atoms with Crippen molar-refractivity contribution in [1.29, 1.82) is 0 Å². The Morgan fingerprint density at radius 3 is 3.00 bits per heavy atom. The highest BCUT2D eigenvalue weighted by Gasteiger charge is 2.36. The summed E-state index contributed by atoms with van der Waals surface area (Å²) in [4.78, 5) is 13.1. The number of carboxylic acids is 1. The highest BCUT2D eigenvalue weighted by atomic mass is 16.5. The van der Waals surface area contributed by atoms with Crippen molar-refractivity contribution in [2.24, 2.45) is 5.92 Å². The molecule has 0 aliphatic carbocycles. The molecule has 0 radical (unpaired) electrons. The molecule has 3 unspecified atom stereocenters. The molecule has 5 heteroatoms. The molecule has 0 amide bonds. The number of nitrogens with one attached hydrogen (secondary N) is 1. The second-order valence-corrected chi connectivity index (χ2v) is 4.35. The molecule has 2 aliphatic heterocycles. The van der Waals surface area contributed by atoms with Gasteiger partial charge in [0.1, 0.15) is 6.23 Å². The number of aliphatic carboxylic acids is 1. The molecule has 2 N–H and O–H groups in total. The van der Waals surface area contributed by atoms with Gasteiger partial charge in [0, 0.05) is 12.6 Å². The molecule has 0 aromatic carbocycles. The third kappa shape index (κ3) is 2.30. The standard InChI is InChI=1S/C10H18N2O3/c1-12-4-2-7(10(13)14)6-8(12)9-11-3-5-15-9/h7-9,11H,2-6H2,1H3,(H,13,14). The first-order chi connectivity index (χ1) is 7.18. The Labute approximate surface area is 89.4 Å². The summed E-state index contributed by atoms with van der Waals surface area (Å²) in [7, 11) is 2.03. The van der Waals surface area contributed by atoms with Crippen molar-refractivity contribution in [3.8, 4) is 0 Å². The minimum Gasteiger partial charge on any atom is -0.481 e. The highest BCUT2D eigenvalue weighted by Crippen LogP contribution is 2.25. The summed E-state index contributed by atoms with van der Waals surface area (Å²) in [5, 5.41) is 12.3. The van der Waals surface area contributed by atoms with Crippen LogP contribution >= 0.6 is 0 Å². The maximum absolute atomic E-state index is 10.9. The minimum atomic E-state index is -0.675. The van der Waals surface area contributed by atoms with Crippen LogP contribution in [0.4, 0.5) is 0 Å². The molecule has 2 heterocycles. The lowest BCUT2D eigenvalue weighted by molar-refractivity contribution is -0.145. The fourth-order valence-corrected chi connectivity index (χ4v) is 2.39. The third-order valence-corrected chi connectivity index (χ3v) is 3.37. The average molecular weight is 214 g/mol. The normalized spacial score (nSPS) is 38.1. The average Bonchev–Trinajstić information content (AvgIpc) is 2.71. The van der Waals surface area contributed by atoms with E-state index in [1.165, 1.54) is 0 Å². The number of hydrogen-bond acceptors (Lipinski definition) is 4. The van der Waals surface area contributed by atoms with Crippen LogP contribution in [0.5, 0.6) is 0 Å². The molecule has 0 bridgehead atoms. The summed E-state index contributed by atoms with van der Waals surface area (Å²) < 4.78 is 5.55. The molecule has 3 atom stereocenters. The van der Waals surface area contributed by atoms with Gasteiger partial charge in [-0.3, -0.25) is 15.0 Å². The van der Waals surface area contributed by atoms with Gasteiger partial charge in [-0.1, -0.05) is 0 Å². The molecule has 86 valence electrons. The molecular formula is C10H18N2O3. The lowest BCUT2D eigenvalue weighted by Gasteiger charge is -2.38. The zero-order chi connectivity index (χ0) is 10.8. The maximum atomic E-state index is 10.9. The Balaban J connectivity index is 1.98.